The summed E-state index contributed by atoms with van der Waals surface area (Å²) in [6.45, 7) is 6.83. The van der Waals surface area contributed by atoms with Crippen LogP contribution >= 0.6 is 11.6 Å². The fraction of sp³-hybridized carbons (Fsp3) is 0.875. The van der Waals surface area contributed by atoms with E-state index in [9.17, 15) is 0 Å². The van der Waals surface area contributed by atoms with Crippen LogP contribution in [0.3, 0.4) is 0 Å². The molecule has 110 valence electrons. The highest BCUT2D eigenvalue weighted by molar-refractivity contribution is 6.20. The molecule has 0 N–H and O–H groups in total. The van der Waals surface area contributed by atoms with Gasteiger partial charge in [0.25, 0.3) is 0 Å². The molecule has 0 aromatic carbocycles. The summed E-state index contributed by atoms with van der Waals surface area (Å²) < 4.78 is 5.66. The van der Waals surface area contributed by atoms with Crippen molar-refractivity contribution >= 4 is 11.6 Å². The molecule has 0 radical (unpaired) electrons. The summed E-state index contributed by atoms with van der Waals surface area (Å²) in [6.07, 6.45) is 7.80. The van der Waals surface area contributed by atoms with Crippen LogP contribution in [-0.4, -0.2) is 10.1 Å². The molecule has 4 fully saturated rings. The highest BCUT2D eigenvalue weighted by atomic mass is 35.5. The highest BCUT2D eigenvalue weighted by Gasteiger charge is 2.62. The molecule has 0 saturated heterocycles. The highest BCUT2D eigenvalue weighted by Crippen LogP contribution is 2.69. The lowest BCUT2D eigenvalue weighted by atomic mass is 9.40. The lowest BCUT2D eigenvalue weighted by Crippen LogP contribution is -2.57. The minimum Gasteiger partial charge on any atom is -0.339 e. The Morgan fingerprint density at radius 2 is 1.80 bits per heavy atom. The van der Waals surface area contributed by atoms with Crippen molar-refractivity contribution in [1.82, 2.24) is 10.1 Å². The Bertz CT molecular complexity index is 534. The van der Waals surface area contributed by atoms with Gasteiger partial charge < -0.3 is 4.52 Å². The van der Waals surface area contributed by atoms with Crippen LogP contribution in [0.25, 0.3) is 0 Å². The van der Waals surface area contributed by atoms with Gasteiger partial charge in [0.05, 0.1) is 10.8 Å². The summed E-state index contributed by atoms with van der Waals surface area (Å²) in [7, 11) is 0. The van der Waals surface area contributed by atoms with E-state index in [0.29, 0.717) is 16.7 Å². The number of rotatable bonds is 2. The summed E-state index contributed by atoms with van der Waals surface area (Å²) in [5.41, 5.74) is 1.06. The molecule has 1 aromatic heterocycles. The van der Waals surface area contributed by atoms with Crippen molar-refractivity contribution < 1.29 is 4.52 Å². The van der Waals surface area contributed by atoms with E-state index in [4.69, 9.17) is 16.1 Å². The van der Waals surface area contributed by atoms with Crippen LogP contribution in [0.4, 0.5) is 0 Å². The predicted octanol–water partition coefficient (Wildman–Crippen LogP) is 4.62. The van der Waals surface area contributed by atoms with Gasteiger partial charge in [0.2, 0.25) is 5.89 Å². The third-order valence-electron chi connectivity index (χ3n) is 5.88. The molecule has 4 bridgehead atoms. The van der Waals surface area contributed by atoms with Crippen molar-refractivity contribution in [2.75, 3.05) is 0 Å². The molecular weight excluding hydrogens is 272 g/mol. The molecule has 1 aromatic rings. The van der Waals surface area contributed by atoms with Crippen LogP contribution in [0.5, 0.6) is 0 Å². The van der Waals surface area contributed by atoms with Crippen LogP contribution in [0, 0.1) is 16.7 Å². The quantitative estimate of drug-likeness (QED) is 0.747. The normalized spacial score (nSPS) is 47.7. The molecule has 4 saturated carbocycles. The Morgan fingerprint density at radius 1 is 1.15 bits per heavy atom. The van der Waals surface area contributed by atoms with E-state index in [-0.39, 0.29) is 10.8 Å². The number of aromatic nitrogens is 2. The molecule has 5 rings (SSSR count). The molecule has 0 spiro atoms. The van der Waals surface area contributed by atoms with E-state index in [0.717, 1.165) is 11.8 Å². The van der Waals surface area contributed by atoms with E-state index in [1.165, 1.54) is 38.5 Å². The molecule has 3 unspecified atom stereocenters. The summed E-state index contributed by atoms with van der Waals surface area (Å²) in [4.78, 5) is 4.65. The van der Waals surface area contributed by atoms with Gasteiger partial charge in [0.1, 0.15) is 0 Å². The molecule has 4 heteroatoms. The maximum atomic E-state index is 6.09. The number of alkyl halides is 1. The van der Waals surface area contributed by atoms with Crippen molar-refractivity contribution in [2.45, 2.75) is 70.1 Å². The van der Waals surface area contributed by atoms with Gasteiger partial charge in [-0.15, -0.1) is 11.6 Å². The molecule has 3 atom stereocenters. The van der Waals surface area contributed by atoms with Gasteiger partial charge in [0.15, 0.2) is 5.82 Å². The third-order valence-corrected chi connectivity index (χ3v) is 6.07. The molecule has 4 aliphatic carbocycles. The largest absolute Gasteiger partial charge is 0.339 e. The summed E-state index contributed by atoms with van der Waals surface area (Å²) in [6, 6.07) is 0. The van der Waals surface area contributed by atoms with Gasteiger partial charge in [-0.05, 0) is 62.2 Å². The standard InChI is InChI=1S/C16H23ClN2O/c1-10(17)12-18-13(20-19-12)16-6-11-4-14(2,8-16)7-15(3,5-11)9-16/h10-11H,4-9H2,1-3H3. The maximum Gasteiger partial charge on any atom is 0.232 e. The van der Waals surface area contributed by atoms with Gasteiger partial charge in [-0.25, -0.2) is 0 Å². The second-order valence-electron chi connectivity index (χ2n) is 8.48. The number of hydrogen-bond donors (Lipinski definition) is 0. The van der Waals surface area contributed by atoms with Crippen molar-refractivity contribution in [3.8, 4) is 0 Å². The zero-order valence-electron chi connectivity index (χ0n) is 12.6. The first kappa shape index (κ1) is 13.1. The zero-order valence-corrected chi connectivity index (χ0v) is 13.3. The molecule has 0 aliphatic heterocycles. The van der Waals surface area contributed by atoms with E-state index >= 15 is 0 Å². The fourth-order valence-electron chi connectivity index (χ4n) is 6.30. The van der Waals surface area contributed by atoms with E-state index in [2.05, 4.69) is 24.0 Å². The topological polar surface area (TPSA) is 38.9 Å². The lowest BCUT2D eigenvalue weighted by Gasteiger charge is -2.64. The minimum absolute atomic E-state index is 0.125. The Balaban J connectivity index is 1.76. The van der Waals surface area contributed by atoms with Crippen molar-refractivity contribution in [3.63, 3.8) is 0 Å². The Hall–Kier alpha value is -0.570. The van der Waals surface area contributed by atoms with Gasteiger partial charge in [0, 0.05) is 0 Å². The molecule has 3 nitrogen and oxygen atoms in total. The first-order valence-corrected chi connectivity index (χ1v) is 8.23. The zero-order chi connectivity index (χ0) is 14.2. The SMILES string of the molecule is CC(Cl)c1noc(C23CC4CC(C)(CC(C)(C4)C2)C3)n1. The second-order valence-corrected chi connectivity index (χ2v) is 9.14. The third kappa shape index (κ3) is 1.78. The van der Waals surface area contributed by atoms with Crippen molar-refractivity contribution in [2.24, 2.45) is 16.7 Å². The van der Waals surface area contributed by atoms with Gasteiger partial charge in [-0.2, -0.15) is 4.98 Å². The number of halogens is 1. The van der Waals surface area contributed by atoms with Crippen LogP contribution in [0.1, 0.15) is 76.4 Å². The first-order chi connectivity index (χ1) is 9.32. The Kier molecular flexibility index (Phi) is 2.49. The van der Waals surface area contributed by atoms with Gasteiger partial charge in [-0.1, -0.05) is 19.0 Å². The smallest absolute Gasteiger partial charge is 0.232 e. The van der Waals surface area contributed by atoms with Gasteiger partial charge in [-0.3, -0.25) is 0 Å². The van der Waals surface area contributed by atoms with Crippen LogP contribution < -0.4 is 0 Å². The monoisotopic (exact) mass is 294 g/mol. The van der Waals surface area contributed by atoms with E-state index in [1.54, 1.807) is 0 Å². The molecule has 1 heterocycles. The summed E-state index contributed by atoms with van der Waals surface area (Å²) >= 11 is 6.09. The van der Waals surface area contributed by atoms with Crippen molar-refractivity contribution in [3.05, 3.63) is 11.7 Å². The molecule has 4 aliphatic rings. The molecule has 20 heavy (non-hydrogen) atoms. The molecule has 0 amide bonds. The van der Waals surface area contributed by atoms with E-state index < -0.39 is 0 Å². The first-order valence-electron chi connectivity index (χ1n) is 7.80. The van der Waals surface area contributed by atoms with Crippen LogP contribution in [0.15, 0.2) is 4.52 Å². The summed E-state index contributed by atoms with van der Waals surface area (Å²) in [5, 5.41) is 3.93. The molecular formula is C16H23ClN2O. The predicted molar refractivity (Wildman–Crippen MR) is 77.7 cm³/mol. The van der Waals surface area contributed by atoms with Gasteiger partial charge >= 0.3 is 0 Å². The number of nitrogens with zero attached hydrogens (tertiary/aromatic N) is 2. The van der Waals surface area contributed by atoms with Crippen molar-refractivity contribution in [1.29, 1.82) is 0 Å². The van der Waals surface area contributed by atoms with E-state index in [1.807, 2.05) is 6.92 Å². The maximum absolute atomic E-state index is 6.09. The second kappa shape index (κ2) is 3.79. The minimum atomic E-state index is -0.174. The summed E-state index contributed by atoms with van der Waals surface area (Å²) in [5.74, 6) is 2.35. The Labute approximate surface area is 125 Å². The average Bonchev–Trinajstić information content (AvgIpc) is 2.72. The van der Waals surface area contributed by atoms with Crippen LogP contribution in [-0.2, 0) is 5.41 Å². The fourth-order valence-corrected chi connectivity index (χ4v) is 6.39. The van der Waals surface area contributed by atoms with Crippen LogP contribution in [0.2, 0.25) is 0 Å². The Morgan fingerprint density at radius 3 is 2.30 bits per heavy atom. The average molecular weight is 295 g/mol. The number of hydrogen-bond acceptors (Lipinski definition) is 3. The lowest BCUT2D eigenvalue weighted by molar-refractivity contribution is -0.118.